The van der Waals surface area contributed by atoms with Crippen molar-refractivity contribution in [3.8, 4) is 11.5 Å². The third kappa shape index (κ3) is 5.03. The zero-order chi connectivity index (χ0) is 14.4. The van der Waals surface area contributed by atoms with Crippen molar-refractivity contribution in [1.82, 2.24) is 0 Å². The second-order valence-corrected chi connectivity index (χ2v) is 4.87. The first kappa shape index (κ1) is 14.6. The fraction of sp³-hybridized carbons (Fsp3) is 0.294. The molecule has 106 valence electrons. The maximum absolute atomic E-state index is 8.08. The zero-order valence-corrected chi connectivity index (χ0v) is 11.9. The van der Waals surface area contributed by atoms with Crippen LogP contribution in [0.2, 0.25) is 0 Å². The molecule has 0 aromatic heterocycles. The number of hydrogen-bond donors (Lipinski definition) is 1. The van der Waals surface area contributed by atoms with Crippen molar-refractivity contribution < 1.29 is 14.6 Å². The largest absolute Gasteiger partial charge is 0.457 e. The van der Waals surface area contributed by atoms with Gasteiger partial charge < -0.3 is 14.6 Å². The van der Waals surface area contributed by atoms with Crippen molar-refractivity contribution in [3.63, 3.8) is 0 Å². The second-order valence-electron chi connectivity index (χ2n) is 4.87. The molecule has 1 atom stereocenters. The van der Waals surface area contributed by atoms with Crippen molar-refractivity contribution in [1.29, 1.82) is 0 Å². The number of aryl methyl sites for hydroxylation is 2. The highest BCUT2D eigenvalue weighted by Crippen LogP contribution is 2.21. The van der Waals surface area contributed by atoms with Gasteiger partial charge in [0.2, 0.25) is 0 Å². The minimum Gasteiger partial charge on any atom is -0.457 e. The van der Waals surface area contributed by atoms with Crippen LogP contribution in [-0.2, 0) is 4.74 Å². The van der Waals surface area contributed by atoms with Crippen LogP contribution in [-0.4, -0.2) is 24.4 Å². The summed E-state index contributed by atoms with van der Waals surface area (Å²) in [5.41, 5.74) is 2.48. The number of aliphatic hydroxyl groups is 1. The first-order valence-corrected chi connectivity index (χ1v) is 6.71. The molecule has 0 bridgehead atoms. The first-order chi connectivity index (χ1) is 9.67. The molecule has 1 unspecified atom stereocenters. The molecule has 3 nitrogen and oxygen atoms in total. The molecule has 20 heavy (non-hydrogen) atoms. The highest BCUT2D eigenvalue weighted by Gasteiger charge is 2.19. The van der Waals surface area contributed by atoms with Gasteiger partial charge in [-0.15, -0.1) is 0 Å². The van der Waals surface area contributed by atoms with Crippen LogP contribution in [0.25, 0.3) is 0 Å². The summed E-state index contributed by atoms with van der Waals surface area (Å²) in [6.07, 6.45) is 0.190. The summed E-state index contributed by atoms with van der Waals surface area (Å²) in [5.74, 6) is 1.76. The molecule has 1 heterocycles. The van der Waals surface area contributed by atoms with Crippen LogP contribution in [0.1, 0.15) is 11.1 Å². The van der Waals surface area contributed by atoms with Crippen LogP contribution in [0.3, 0.4) is 0 Å². The number of benzene rings is 2. The van der Waals surface area contributed by atoms with E-state index in [0.717, 1.165) is 18.1 Å². The Balaban J connectivity index is 0.000000247. The molecule has 3 rings (SSSR count). The fourth-order valence-electron chi connectivity index (χ4n) is 1.52. The summed E-state index contributed by atoms with van der Waals surface area (Å²) in [4.78, 5) is 0. The maximum Gasteiger partial charge on any atom is 0.127 e. The Hall–Kier alpha value is -1.84. The van der Waals surface area contributed by atoms with Crippen LogP contribution in [0.5, 0.6) is 11.5 Å². The lowest BCUT2D eigenvalue weighted by Crippen LogP contribution is -1.88. The fourth-order valence-corrected chi connectivity index (χ4v) is 1.52. The standard InChI is InChI=1S/C14H14O.C3H6O2/c1-11-3-7-13(8-4-11)15-14-9-5-12(2)6-10-14;4-1-3-2-5-3/h3-10H,1-2H3;3-4H,1-2H2. The van der Waals surface area contributed by atoms with E-state index in [1.165, 1.54) is 11.1 Å². The zero-order valence-electron chi connectivity index (χ0n) is 11.9. The Labute approximate surface area is 119 Å². The van der Waals surface area contributed by atoms with E-state index in [1.54, 1.807) is 0 Å². The predicted molar refractivity (Wildman–Crippen MR) is 79.3 cm³/mol. The van der Waals surface area contributed by atoms with Gasteiger partial charge in [0.15, 0.2) is 0 Å². The third-order valence-corrected chi connectivity index (χ3v) is 2.88. The van der Waals surface area contributed by atoms with Crippen LogP contribution < -0.4 is 4.74 Å². The van der Waals surface area contributed by atoms with Crippen LogP contribution >= 0.6 is 0 Å². The molecule has 0 aliphatic carbocycles. The molecule has 1 N–H and O–H groups in total. The van der Waals surface area contributed by atoms with Crippen LogP contribution in [0.15, 0.2) is 48.5 Å². The smallest absolute Gasteiger partial charge is 0.127 e. The molecular weight excluding hydrogens is 252 g/mol. The Morgan fingerprint density at radius 1 is 0.950 bits per heavy atom. The minimum absolute atomic E-state index is 0.190. The molecule has 1 saturated heterocycles. The van der Waals surface area contributed by atoms with E-state index in [1.807, 2.05) is 48.5 Å². The maximum atomic E-state index is 8.08. The first-order valence-electron chi connectivity index (χ1n) is 6.71. The summed E-state index contributed by atoms with van der Waals surface area (Å²) in [5, 5.41) is 8.08. The van der Waals surface area contributed by atoms with Crippen molar-refractivity contribution in [2.45, 2.75) is 20.0 Å². The minimum atomic E-state index is 0.190. The Morgan fingerprint density at radius 3 is 1.60 bits per heavy atom. The van der Waals surface area contributed by atoms with Gasteiger partial charge in [0.05, 0.1) is 13.2 Å². The third-order valence-electron chi connectivity index (χ3n) is 2.88. The molecule has 0 spiro atoms. The normalized spacial score (nSPS) is 16.1. The second kappa shape index (κ2) is 7.08. The lowest BCUT2D eigenvalue weighted by atomic mass is 10.2. The van der Waals surface area contributed by atoms with E-state index < -0.39 is 0 Å². The van der Waals surface area contributed by atoms with Gasteiger partial charge in [0, 0.05) is 0 Å². The number of aliphatic hydroxyl groups excluding tert-OH is 1. The van der Waals surface area contributed by atoms with E-state index in [4.69, 9.17) is 9.84 Å². The lowest BCUT2D eigenvalue weighted by Gasteiger charge is -2.05. The molecule has 2 aromatic carbocycles. The summed E-state index contributed by atoms with van der Waals surface area (Å²) in [6, 6.07) is 16.1. The molecule has 1 aliphatic heterocycles. The summed E-state index contributed by atoms with van der Waals surface area (Å²) in [6.45, 7) is 5.09. The van der Waals surface area contributed by atoms with E-state index in [-0.39, 0.29) is 12.7 Å². The molecule has 0 saturated carbocycles. The Bertz CT molecular complexity index is 469. The van der Waals surface area contributed by atoms with Crippen molar-refractivity contribution in [2.24, 2.45) is 0 Å². The molecule has 1 fully saturated rings. The van der Waals surface area contributed by atoms with Gasteiger partial charge >= 0.3 is 0 Å². The number of epoxide rings is 1. The molecule has 1 aliphatic rings. The number of hydrogen-bond acceptors (Lipinski definition) is 3. The monoisotopic (exact) mass is 272 g/mol. The quantitative estimate of drug-likeness (QED) is 0.870. The van der Waals surface area contributed by atoms with Crippen molar-refractivity contribution >= 4 is 0 Å². The summed E-state index contributed by atoms with van der Waals surface area (Å²) < 4.78 is 10.3. The van der Waals surface area contributed by atoms with Crippen LogP contribution in [0.4, 0.5) is 0 Å². The van der Waals surface area contributed by atoms with Gasteiger partial charge in [-0.3, -0.25) is 0 Å². The van der Waals surface area contributed by atoms with E-state index in [0.29, 0.717) is 0 Å². The van der Waals surface area contributed by atoms with Gasteiger partial charge in [-0.25, -0.2) is 0 Å². The molecule has 2 aromatic rings. The SMILES string of the molecule is Cc1ccc(Oc2ccc(C)cc2)cc1.OCC1CO1. The average molecular weight is 272 g/mol. The Morgan fingerprint density at radius 2 is 1.35 bits per heavy atom. The van der Waals surface area contributed by atoms with Gasteiger partial charge in [0.1, 0.15) is 17.6 Å². The van der Waals surface area contributed by atoms with Gasteiger partial charge in [-0.05, 0) is 38.1 Å². The Kier molecular flexibility index (Phi) is 5.16. The number of ether oxygens (including phenoxy) is 2. The molecule has 0 radical (unpaired) electrons. The van der Waals surface area contributed by atoms with E-state index in [9.17, 15) is 0 Å². The summed E-state index contributed by atoms with van der Waals surface area (Å²) in [7, 11) is 0. The topological polar surface area (TPSA) is 42.0 Å². The van der Waals surface area contributed by atoms with Gasteiger partial charge in [-0.1, -0.05) is 35.4 Å². The highest BCUT2D eigenvalue weighted by atomic mass is 16.6. The molecule has 3 heteroatoms. The average Bonchev–Trinajstić information content (AvgIpc) is 3.29. The van der Waals surface area contributed by atoms with Crippen molar-refractivity contribution in [3.05, 3.63) is 59.7 Å². The number of rotatable bonds is 3. The van der Waals surface area contributed by atoms with E-state index in [2.05, 4.69) is 18.6 Å². The van der Waals surface area contributed by atoms with E-state index >= 15 is 0 Å². The molecule has 0 amide bonds. The summed E-state index contributed by atoms with van der Waals surface area (Å²) >= 11 is 0. The highest BCUT2D eigenvalue weighted by molar-refractivity contribution is 5.33. The lowest BCUT2D eigenvalue weighted by molar-refractivity contribution is 0.244. The van der Waals surface area contributed by atoms with Gasteiger partial charge in [-0.2, -0.15) is 0 Å². The predicted octanol–water partition coefficient (Wildman–Crippen LogP) is 3.47. The van der Waals surface area contributed by atoms with Gasteiger partial charge in [0.25, 0.3) is 0 Å². The van der Waals surface area contributed by atoms with Crippen molar-refractivity contribution in [2.75, 3.05) is 13.2 Å². The molecular formula is C17H20O3. The van der Waals surface area contributed by atoms with Crippen LogP contribution in [0, 0.1) is 13.8 Å².